The summed E-state index contributed by atoms with van der Waals surface area (Å²) < 4.78 is 5.09. The summed E-state index contributed by atoms with van der Waals surface area (Å²) in [5.74, 6) is 0. The number of nitrogens with zero attached hydrogens (tertiary/aromatic N) is 1. The van der Waals surface area contributed by atoms with Gasteiger partial charge in [0, 0.05) is 0 Å². The zero-order chi connectivity index (χ0) is 6.69. The summed E-state index contributed by atoms with van der Waals surface area (Å²) in [5, 5.41) is 0. The molecule has 1 heterocycles. The predicted molar refractivity (Wildman–Crippen MR) is 37.4 cm³/mol. The number of hydrogen-bond donors (Lipinski definition) is 0. The molecule has 0 saturated carbocycles. The van der Waals surface area contributed by atoms with E-state index in [1.165, 1.54) is 0 Å². The molecule has 0 unspecified atom stereocenters. The highest BCUT2D eigenvalue weighted by molar-refractivity contribution is 5.84. The van der Waals surface area contributed by atoms with Crippen LogP contribution in [0.2, 0.25) is 0 Å². The van der Waals surface area contributed by atoms with Gasteiger partial charge in [0.25, 0.3) is 0 Å². The third-order valence-corrected chi connectivity index (χ3v) is 1.21. The van der Waals surface area contributed by atoms with Gasteiger partial charge in [-0.25, -0.2) is 0 Å². The van der Waals surface area contributed by atoms with Crippen molar-refractivity contribution < 1.29 is 4.74 Å². The average molecular weight is 125 g/mol. The number of aliphatic imine (C=N–C) groups is 1. The van der Waals surface area contributed by atoms with E-state index in [9.17, 15) is 0 Å². The second-order valence-corrected chi connectivity index (χ2v) is 2.12. The zero-order valence-corrected chi connectivity index (χ0v) is 5.85. The van der Waals surface area contributed by atoms with Crippen molar-refractivity contribution in [2.24, 2.45) is 4.99 Å². The molecule has 9 heavy (non-hydrogen) atoms. The Balaban J connectivity index is 2.63. The van der Waals surface area contributed by atoms with Gasteiger partial charge in [0.15, 0.2) is 0 Å². The van der Waals surface area contributed by atoms with Crippen LogP contribution in [0.4, 0.5) is 0 Å². The van der Waals surface area contributed by atoms with Crippen LogP contribution < -0.4 is 0 Å². The zero-order valence-electron chi connectivity index (χ0n) is 5.85. The average Bonchev–Trinajstić information content (AvgIpc) is 1.88. The van der Waals surface area contributed by atoms with E-state index < -0.39 is 0 Å². The lowest BCUT2D eigenvalue weighted by Crippen LogP contribution is -2.06. The molecule has 0 aliphatic carbocycles. The maximum Gasteiger partial charge on any atom is 0.125 e. The van der Waals surface area contributed by atoms with Crippen molar-refractivity contribution >= 4 is 5.71 Å². The molecule has 1 aliphatic heterocycles. The first-order valence-corrected chi connectivity index (χ1v) is 3.17. The van der Waals surface area contributed by atoms with Crippen molar-refractivity contribution in [3.05, 3.63) is 12.0 Å². The van der Waals surface area contributed by atoms with Crippen LogP contribution in [0.1, 0.15) is 20.3 Å². The maximum atomic E-state index is 5.09. The van der Waals surface area contributed by atoms with Crippen LogP contribution >= 0.6 is 0 Å². The Bertz CT molecular complexity index is 158. The van der Waals surface area contributed by atoms with Crippen LogP contribution in [-0.2, 0) is 4.74 Å². The third kappa shape index (κ3) is 1.56. The van der Waals surface area contributed by atoms with Gasteiger partial charge >= 0.3 is 0 Å². The molecule has 2 nitrogen and oxygen atoms in total. The van der Waals surface area contributed by atoms with Crippen LogP contribution in [0.3, 0.4) is 0 Å². The Hall–Kier alpha value is -0.790. The van der Waals surface area contributed by atoms with Gasteiger partial charge in [-0.05, 0) is 13.3 Å². The topological polar surface area (TPSA) is 21.6 Å². The lowest BCUT2D eigenvalue weighted by Gasteiger charge is -2.08. The second kappa shape index (κ2) is 2.67. The molecule has 0 atom stereocenters. The Morgan fingerprint density at radius 2 is 2.56 bits per heavy atom. The van der Waals surface area contributed by atoms with Crippen molar-refractivity contribution in [3.63, 3.8) is 0 Å². The van der Waals surface area contributed by atoms with Gasteiger partial charge in [-0.3, -0.25) is 4.99 Å². The molecule has 0 N–H and O–H groups in total. The fraction of sp³-hybridized carbons (Fsp3) is 0.571. The van der Waals surface area contributed by atoms with E-state index in [0.717, 1.165) is 17.8 Å². The number of ether oxygens (including phenoxy) is 1. The van der Waals surface area contributed by atoms with Gasteiger partial charge in [-0.2, -0.15) is 0 Å². The minimum Gasteiger partial charge on any atom is -0.493 e. The fourth-order valence-corrected chi connectivity index (χ4v) is 0.725. The highest BCUT2D eigenvalue weighted by Crippen LogP contribution is 2.07. The molecule has 50 valence electrons. The van der Waals surface area contributed by atoms with Gasteiger partial charge in [0.05, 0.1) is 11.4 Å². The highest BCUT2D eigenvalue weighted by Gasteiger charge is 1.99. The SMILES string of the molecule is CCC1=COCC(C)=N1. The van der Waals surface area contributed by atoms with E-state index in [1.54, 1.807) is 6.26 Å². The molecule has 0 saturated heterocycles. The standard InChI is InChI=1S/C7H11NO/c1-3-7-5-9-4-6(2)8-7/h5H,3-4H2,1-2H3. The van der Waals surface area contributed by atoms with Crippen LogP contribution in [0.5, 0.6) is 0 Å². The van der Waals surface area contributed by atoms with E-state index in [1.807, 2.05) is 6.92 Å². The normalized spacial score (nSPS) is 18.0. The van der Waals surface area contributed by atoms with Crippen molar-refractivity contribution in [2.75, 3.05) is 6.61 Å². The maximum absolute atomic E-state index is 5.09. The van der Waals surface area contributed by atoms with E-state index in [0.29, 0.717) is 6.61 Å². The minimum absolute atomic E-state index is 0.656. The molecule has 0 bridgehead atoms. The predicted octanol–water partition coefficient (Wildman–Crippen LogP) is 1.73. The number of allylic oxidation sites excluding steroid dienone is 1. The fourth-order valence-electron chi connectivity index (χ4n) is 0.725. The monoisotopic (exact) mass is 125 g/mol. The summed E-state index contributed by atoms with van der Waals surface area (Å²) in [5.41, 5.74) is 2.10. The minimum atomic E-state index is 0.656. The Kier molecular flexibility index (Phi) is 1.88. The number of hydrogen-bond acceptors (Lipinski definition) is 2. The van der Waals surface area contributed by atoms with Crippen LogP contribution in [-0.4, -0.2) is 12.3 Å². The summed E-state index contributed by atoms with van der Waals surface area (Å²) >= 11 is 0. The van der Waals surface area contributed by atoms with E-state index in [2.05, 4.69) is 11.9 Å². The first-order valence-electron chi connectivity index (χ1n) is 3.17. The Labute approximate surface area is 55.2 Å². The van der Waals surface area contributed by atoms with Gasteiger partial charge in [-0.15, -0.1) is 0 Å². The lowest BCUT2D eigenvalue weighted by atomic mass is 10.3. The second-order valence-electron chi connectivity index (χ2n) is 2.12. The third-order valence-electron chi connectivity index (χ3n) is 1.21. The summed E-state index contributed by atoms with van der Waals surface area (Å²) in [7, 11) is 0. The summed E-state index contributed by atoms with van der Waals surface area (Å²) in [6.07, 6.45) is 2.68. The molecule has 0 aromatic carbocycles. The molecular formula is C7H11NO. The molecule has 0 aromatic heterocycles. The van der Waals surface area contributed by atoms with E-state index in [4.69, 9.17) is 4.74 Å². The Morgan fingerprint density at radius 1 is 1.78 bits per heavy atom. The van der Waals surface area contributed by atoms with Gasteiger partial charge in [-0.1, -0.05) is 6.92 Å². The van der Waals surface area contributed by atoms with Crippen molar-refractivity contribution in [1.29, 1.82) is 0 Å². The quantitative estimate of drug-likeness (QED) is 0.523. The molecule has 0 aromatic rings. The summed E-state index contributed by atoms with van der Waals surface area (Å²) in [4.78, 5) is 4.25. The molecule has 0 radical (unpaired) electrons. The van der Waals surface area contributed by atoms with Crippen molar-refractivity contribution in [3.8, 4) is 0 Å². The molecule has 0 amide bonds. The van der Waals surface area contributed by atoms with Gasteiger partial charge < -0.3 is 4.74 Å². The molecule has 1 aliphatic rings. The van der Waals surface area contributed by atoms with Crippen LogP contribution in [0.15, 0.2) is 17.0 Å². The molecule has 0 spiro atoms. The highest BCUT2D eigenvalue weighted by atomic mass is 16.5. The largest absolute Gasteiger partial charge is 0.493 e. The van der Waals surface area contributed by atoms with Gasteiger partial charge in [0.1, 0.15) is 12.9 Å². The van der Waals surface area contributed by atoms with Crippen LogP contribution in [0.25, 0.3) is 0 Å². The molecular weight excluding hydrogens is 114 g/mol. The van der Waals surface area contributed by atoms with E-state index in [-0.39, 0.29) is 0 Å². The smallest absolute Gasteiger partial charge is 0.125 e. The van der Waals surface area contributed by atoms with Crippen LogP contribution in [0, 0.1) is 0 Å². The molecule has 0 fully saturated rings. The Morgan fingerprint density at radius 3 is 3.00 bits per heavy atom. The van der Waals surface area contributed by atoms with E-state index >= 15 is 0 Å². The molecule has 2 heteroatoms. The number of rotatable bonds is 1. The lowest BCUT2D eigenvalue weighted by molar-refractivity contribution is 0.291. The summed E-state index contributed by atoms with van der Waals surface area (Å²) in [6, 6.07) is 0. The molecule has 1 rings (SSSR count). The van der Waals surface area contributed by atoms with Crippen molar-refractivity contribution in [2.45, 2.75) is 20.3 Å². The summed E-state index contributed by atoms with van der Waals surface area (Å²) in [6.45, 7) is 4.70. The van der Waals surface area contributed by atoms with Gasteiger partial charge in [0.2, 0.25) is 0 Å². The first-order chi connectivity index (χ1) is 4.33. The van der Waals surface area contributed by atoms with Crippen molar-refractivity contribution in [1.82, 2.24) is 0 Å². The first kappa shape index (κ1) is 6.33.